The van der Waals surface area contributed by atoms with Gasteiger partial charge in [-0.25, -0.2) is 4.98 Å². The van der Waals surface area contributed by atoms with Crippen LogP contribution in [0.1, 0.15) is 68.8 Å². The summed E-state index contributed by atoms with van der Waals surface area (Å²) in [6, 6.07) is 13.5. The zero-order chi connectivity index (χ0) is 25.9. The Morgan fingerprint density at radius 3 is 2.44 bits per heavy atom. The summed E-state index contributed by atoms with van der Waals surface area (Å²) in [6.45, 7) is 7.77. The fraction of sp³-hybridized carbons (Fsp3) is 0.464. The minimum atomic E-state index is -0.935. The van der Waals surface area contributed by atoms with Crippen LogP contribution in [-0.4, -0.2) is 39.5 Å². The molecule has 4 rings (SSSR count). The lowest BCUT2D eigenvalue weighted by Crippen LogP contribution is -2.40. The minimum Gasteiger partial charge on any atom is -0.481 e. The minimum absolute atomic E-state index is 0.0983. The van der Waals surface area contributed by atoms with E-state index in [1.165, 1.54) is 12.8 Å². The van der Waals surface area contributed by atoms with Gasteiger partial charge in [-0.2, -0.15) is 0 Å². The van der Waals surface area contributed by atoms with E-state index in [4.69, 9.17) is 21.7 Å². The van der Waals surface area contributed by atoms with Crippen molar-refractivity contribution in [2.24, 2.45) is 11.3 Å². The number of benzene rings is 2. The average Bonchev–Trinajstić information content (AvgIpc) is 3.25. The number of aromatic amines is 1. The van der Waals surface area contributed by atoms with Crippen molar-refractivity contribution in [2.45, 2.75) is 65.5 Å². The molecule has 3 N–H and O–H groups in total. The summed E-state index contributed by atoms with van der Waals surface area (Å²) in [5, 5.41) is 12.1. The van der Waals surface area contributed by atoms with Gasteiger partial charge in [0, 0.05) is 29.7 Å². The Labute approximate surface area is 217 Å². The molecule has 0 atom stereocenters. The van der Waals surface area contributed by atoms with Crippen LogP contribution in [0.15, 0.2) is 42.5 Å². The maximum atomic E-state index is 12.3. The van der Waals surface area contributed by atoms with Crippen molar-refractivity contribution < 1.29 is 14.7 Å². The molecule has 1 fully saturated rings. The van der Waals surface area contributed by atoms with Gasteiger partial charge in [-0.05, 0) is 72.9 Å². The van der Waals surface area contributed by atoms with Crippen LogP contribution in [0, 0.1) is 11.3 Å². The Kier molecular flexibility index (Phi) is 7.88. The Morgan fingerprint density at radius 1 is 1.11 bits per heavy atom. The van der Waals surface area contributed by atoms with Crippen LogP contribution in [0.2, 0.25) is 5.02 Å². The quantitative estimate of drug-likeness (QED) is 0.343. The number of H-pyrrole nitrogens is 1. The number of carboxylic acid groups (broad SMARTS) is 1. The number of aromatic nitrogens is 2. The van der Waals surface area contributed by atoms with Crippen LogP contribution in [0.25, 0.3) is 11.0 Å². The van der Waals surface area contributed by atoms with Gasteiger partial charge in [0.2, 0.25) is 5.95 Å². The second-order valence-corrected chi connectivity index (χ2v) is 11.3. The number of aliphatic carboxylic acids is 1. The third-order valence-corrected chi connectivity index (χ3v) is 7.49. The normalized spacial score (nSPS) is 18.2. The molecule has 7 nitrogen and oxygen atoms in total. The molecule has 1 aliphatic carbocycles. The van der Waals surface area contributed by atoms with Crippen LogP contribution in [-0.2, 0) is 11.3 Å². The number of halogens is 1. The lowest BCUT2D eigenvalue weighted by atomic mass is 9.71. The highest BCUT2D eigenvalue weighted by Gasteiger charge is 2.33. The molecule has 0 saturated heterocycles. The average molecular weight is 511 g/mol. The van der Waals surface area contributed by atoms with Gasteiger partial charge in [0.15, 0.2) is 0 Å². The van der Waals surface area contributed by atoms with Crippen molar-refractivity contribution in [3.8, 4) is 0 Å². The van der Waals surface area contributed by atoms with Gasteiger partial charge in [0.25, 0.3) is 5.91 Å². The maximum absolute atomic E-state index is 12.3. The number of carbonyl (C=O) groups is 2. The monoisotopic (exact) mass is 510 g/mol. The molecule has 0 spiro atoms. The second-order valence-electron chi connectivity index (χ2n) is 10.8. The number of carboxylic acids is 1. The largest absolute Gasteiger partial charge is 0.481 e. The first-order valence-electron chi connectivity index (χ1n) is 12.6. The number of nitrogens with one attached hydrogen (secondary N) is 2. The van der Waals surface area contributed by atoms with E-state index in [1.807, 2.05) is 30.3 Å². The molecule has 1 aliphatic rings. The van der Waals surface area contributed by atoms with Gasteiger partial charge in [-0.1, -0.05) is 44.5 Å². The number of hydrogen-bond acceptors (Lipinski definition) is 4. The highest BCUT2D eigenvalue weighted by atomic mass is 35.5. The molecule has 0 bridgehead atoms. The summed E-state index contributed by atoms with van der Waals surface area (Å²) in [5.41, 5.74) is 3.70. The van der Waals surface area contributed by atoms with Crippen LogP contribution in [0.3, 0.4) is 0 Å². The Morgan fingerprint density at radius 2 is 1.81 bits per heavy atom. The van der Waals surface area contributed by atoms with E-state index in [1.54, 1.807) is 12.1 Å². The van der Waals surface area contributed by atoms with E-state index in [9.17, 15) is 9.59 Å². The van der Waals surface area contributed by atoms with Crippen molar-refractivity contribution in [1.29, 1.82) is 0 Å². The van der Waals surface area contributed by atoms with E-state index in [0.717, 1.165) is 35.4 Å². The van der Waals surface area contributed by atoms with Gasteiger partial charge in [-0.3, -0.25) is 9.59 Å². The summed E-state index contributed by atoms with van der Waals surface area (Å²) in [5.74, 6) is 0.343. The smallest absolute Gasteiger partial charge is 0.305 e. The molecule has 1 heterocycles. The zero-order valence-electron chi connectivity index (χ0n) is 21.2. The molecule has 1 aromatic heterocycles. The summed E-state index contributed by atoms with van der Waals surface area (Å²) >= 11 is 6.21. The summed E-state index contributed by atoms with van der Waals surface area (Å²) < 4.78 is 0. The maximum Gasteiger partial charge on any atom is 0.305 e. The Balaban J connectivity index is 1.53. The highest BCUT2D eigenvalue weighted by Crippen LogP contribution is 2.40. The lowest BCUT2D eigenvalue weighted by molar-refractivity contribution is -0.136. The summed E-state index contributed by atoms with van der Waals surface area (Å²) in [7, 11) is 0. The van der Waals surface area contributed by atoms with Crippen molar-refractivity contribution in [1.82, 2.24) is 15.3 Å². The number of rotatable bonds is 8. The fourth-order valence-electron chi connectivity index (χ4n) is 5.08. The molecule has 3 aromatic rings. The molecule has 0 unspecified atom stereocenters. The van der Waals surface area contributed by atoms with Crippen molar-refractivity contribution in [2.75, 3.05) is 11.4 Å². The van der Waals surface area contributed by atoms with Gasteiger partial charge in [0.05, 0.1) is 17.5 Å². The topological polar surface area (TPSA) is 98.3 Å². The molecule has 0 radical (unpaired) electrons. The first-order valence-corrected chi connectivity index (χ1v) is 13.0. The number of imidazole rings is 1. The van der Waals surface area contributed by atoms with E-state index in [0.29, 0.717) is 34.5 Å². The number of anilines is 1. The molecule has 2 aromatic carbocycles. The fourth-order valence-corrected chi connectivity index (χ4v) is 5.25. The summed E-state index contributed by atoms with van der Waals surface area (Å²) in [6.07, 6.45) is 4.48. The molecule has 192 valence electrons. The number of fused-ring (bicyclic) bond motifs is 1. The molecular formula is C28H35ClN4O3. The van der Waals surface area contributed by atoms with Crippen LogP contribution in [0.5, 0.6) is 0 Å². The predicted molar refractivity (Wildman–Crippen MR) is 144 cm³/mol. The number of amides is 1. The third-order valence-electron chi connectivity index (χ3n) is 7.26. The first-order chi connectivity index (χ1) is 17.1. The van der Waals surface area contributed by atoms with E-state index < -0.39 is 5.97 Å². The van der Waals surface area contributed by atoms with Gasteiger partial charge < -0.3 is 20.3 Å². The van der Waals surface area contributed by atoms with Crippen molar-refractivity contribution in [3.05, 3.63) is 58.6 Å². The van der Waals surface area contributed by atoms with Crippen molar-refractivity contribution in [3.63, 3.8) is 0 Å². The second kappa shape index (κ2) is 10.9. The van der Waals surface area contributed by atoms with Gasteiger partial charge >= 0.3 is 5.97 Å². The van der Waals surface area contributed by atoms with Crippen molar-refractivity contribution >= 4 is 40.5 Å². The molecule has 36 heavy (non-hydrogen) atoms. The molecule has 1 saturated carbocycles. The first kappa shape index (κ1) is 26.0. The molecule has 0 aliphatic heterocycles. The number of hydrogen-bond donors (Lipinski definition) is 3. The zero-order valence-corrected chi connectivity index (χ0v) is 21.9. The van der Waals surface area contributed by atoms with E-state index >= 15 is 0 Å². The van der Waals surface area contributed by atoms with Gasteiger partial charge in [0.1, 0.15) is 0 Å². The van der Waals surface area contributed by atoms with E-state index in [2.05, 4.69) is 36.0 Å². The Hall–Kier alpha value is -3.06. The highest BCUT2D eigenvalue weighted by molar-refractivity contribution is 6.31. The molecular weight excluding hydrogens is 476 g/mol. The number of carbonyl (C=O) groups excluding carboxylic acids is 1. The van der Waals surface area contributed by atoms with Crippen LogP contribution >= 0.6 is 11.6 Å². The lowest BCUT2D eigenvalue weighted by Gasteiger charge is -2.41. The Bertz CT molecular complexity index is 1210. The molecule has 1 amide bonds. The van der Waals surface area contributed by atoms with E-state index in [-0.39, 0.29) is 18.9 Å². The number of nitrogens with zero attached hydrogens (tertiary/aromatic N) is 2. The molecule has 8 heteroatoms. The predicted octanol–water partition coefficient (Wildman–Crippen LogP) is 6.03. The van der Waals surface area contributed by atoms with Gasteiger partial charge in [-0.15, -0.1) is 0 Å². The van der Waals surface area contributed by atoms with Crippen LogP contribution in [0.4, 0.5) is 5.95 Å². The standard InChI is InChI=1S/C28H35ClN4O3/c1-28(2,3)20-8-11-22(12-9-20)33(27-31-23-13-10-21(29)16-24(23)32-27)17-18-4-6-19(7-5-18)26(36)30-15-14-25(34)35/h4-7,10,13,16,20,22H,8-9,11-12,14-15,17H2,1-3H3,(H,30,36)(H,31,32)(H,34,35). The van der Waals surface area contributed by atoms with Crippen LogP contribution < -0.4 is 10.2 Å². The summed E-state index contributed by atoms with van der Waals surface area (Å²) in [4.78, 5) is 33.7. The third kappa shape index (κ3) is 6.38. The SMILES string of the molecule is CC(C)(C)C1CCC(N(Cc2ccc(C(=O)NCCC(=O)O)cc2)c2nc3ccc(Cl)cc3[nH]2)CC1.